The molecular weight excluding hydrogens is 242 g/mol. The zero-order chi connectivity index (χ0) is 13.7. The number of nitrogens with zero attached hydrogens (tertiary/aromatic N) is 1. The van der Waals surface area contributed by atoms with Gasteiger partial charge in [0.25, 0.3) is 0 Å². The van der Waals surface area contributed by atoms with Crippen molar-refractivity contribution in [3.63, 3.8) is 0 Å². The number of rotatable bonds is 5. The van der Waals surface area contributed by atoms with E-state index in [9.17, 15) is 19.8 Å². The standard InChI is InChI=1S/C11H13NO6/c1-18-9(14)5-8(13)10(15)6-2-3-12-7(4-6)11(16)17/h2-4,8,10,13,15H,5H2,1H3,(H,16,17). The van der Waals surface area contributed by atoms with Crippen molar-refractivity contribution in [1.29, 1.82) is 0 Å². The van der Waals surface area contributed by atoms with Gasteiger partial charge in [0.1, 0.15) is 11.8 Å². The third kappa shape index (κ3) is 3.51. The molecule has 0 aliphatic rings. The number of carboxylic acid groups (broad SMARTS) is 1. The Bertz CT molecular complexity index is 447. The molecule has 2 unspecified atom stereocenters. The molecule has 0 saturated heterocycles. The molecule has 1 heterocycles. The van der Waals surface area contributed by atoms with Crippen LogP contribution in [0.25, 0.3) is 0 Å². The zero-order valence-electron chi connectivity index (χ0n) is 9.61. The molecule has 1 aromatic rings. The number of pyridine rings is 1. The van der Waals surface area contributed by atoms with Gasteiger partial charge in [0.2, 0.25) is 0 Å². The summed E-state index contributed by atoms with van der Waals surface area (Å²) in [7, 11) is 1.16. The average molecular weight is 255 g/mol. The summed E-state index contributed by atoms with van der Waals surface area (Å²) in [6.07, 6.45) is -1.94. The second-order valence-corrected chi connectivity index (χ2v) is 3.57. The Morgan fingerprint density at radius 2 is 2.11 bits per heavy atom. The highest BCUT2D eigenvalue weighted by Crippen LogP contribution is 2.19. The van der Waals surface area contributed by atoms with Gasteiger partial charge in [0, 0.05) is 6.20 Å². The molecule has 18 heavy (non-hydrogen) atoms. The number of aromatic nitrogens is 1. The molecule has 0 bridgehead atoms. The summed E-state index contributed by atoms with van der Waals surface area (Å²) in [6.45, 7) is 0. The number of methoxy groups -OCH3 is 1. The average Bonchev–Trinajstić information content (AvgIpc) is 2.37. The van der Waals surface area contributed by atoms with E-state index in [-0.39, 0.29) is 17.7 Å². The minimum atomic E-state index is -1.38. The van der Waals surface area contributed by atoms with Gasteiger partial charge in [-0.25, -0.2) is 9.78 Å². The third-order valence-corrected chi connectivity index (χ3v) is 2.31. The monoisotopic (exact) mass is 255 g/mol. The lowest BCUT2D eigenvalue weighted by Gasteiger charge is -2.17. The first-order valence-corrected chi connectivity index (χ1v) is 5.08. The van der Waals surface area contributed by atoms with Gasteiger partial charge in [0.15, 0.2) is 0 Å². The highest BCUT2D eigenvalue weighted by Gasteiger charge is 2.22. The molecule has 0 aliphatic carbocycles. The van der Waals surface area contributed by atoms with E-state index in [0.717, 1.165) is 13.2 Å². The fraction of sp³-hybridized carbons (Fsp3) is 0.364. The fourth-order valence-electron chi connectivity index (χ4n) is 1.34. The molecule has 98 valence electrons. The predicted molar refractivity (Wildman–Crippen MR) is 58.8 cm³/mol. The Kier molecular flexibility index (Phi) is 4.75. The molecule has 0 aromatic carbocycles. The number of carbonyl (C=O) groups excluding carboxylic acids is 1. The van der Waals surface area contributed by atoms with E-state index in [1.807, 2.05) is 0 Å². The topological polar surface area (TPSA) is 117 Å². The number of esters is 1. The van der Waals surface area contributed by atoms with E-state index < -0.39 is 24.1 Å². The summed E-state index contributed by atoms with van der Waals surface area (Å²) in [5.41, 5.74) is -0.0874. The lowest BCUT2D eigenvalue weighted by Crippen LogP contribution is -2.23. The van der Waals surface area contributed by atoms with E-state index >= 15 is 0 Å². The Morgan fingerprint density at radius 1 is 1.44 bits per heavy atom. The first kappa shape index (κ1) is 14.1. The van der Waals surface area contributed by atoms with Gasteiger partial charge in [-0.2, -0.15) is 0 Å². The van der Waals surface area contributed by atoms with Gasteiger partial charge in [-0.05, 0) is 17.7 Å². The molecule has 7 heteroatoms. The molecule has 0 aliphatic heterocycles. The van der Waals surface area contributed by atoms with Crippen LogP contribution in [-0.4, -0.2) is 45.5 Å². The largest absolute Gasteiger partial charge is 0.477 e. The van der Waals surface area contributed by atoms with Crippen LogP contribution in [0.1, 0.15) is 28.6 Å². The molecule has 0 fully saturated rings. The molecule has 0 spiro atoms. The van der Waals surface area contributed by atoms with Crippen LogP contribution < -0.4 is 0 Å². The van der Waals surface area contributed by atoms with E-state index in [4.69, 9.17) is 5.11 Å². The van der Waals surface area contributed by atoms with Crippen molar-refractivity contribution in [3.05, 3.63) is 29.6 Å². The molecule has 3 N–H and O–H groups in total. The van der Waals surface area contributed by atoms with Gasteiger partial charge >= 0.3 is 11.9 Å². The zero-order valence-corrected chi connectivity index (χ0v) is 9.61. The number of carboxylic acids is 1. The number of ether oxygens (including phenoxy) is 1. The summed E-state index contributed by atoms with van der Waals surface area (Å²) >= 11 is 0. The quantitative estimate of drug-likeness (QED) is 0.620. The molecule has 1 rings (SSSR count). The minimum Gasteiger partial charge on any atom is -0.477 e. The van der Waals surface area contributed by atoms with Gasteiger partial charge in [-0.15, -0.1) is 0 Å². The summed E-state index contributed by atoms with van der Waals surface area (Å²) in [5, 5.41) is 28.1. The van der Waals surface area contributed by atoms with E-state index in [1.54, 1.807) is 0 Å². The molecule has 1 aromatic heterocycles. The van der Waals surface area contributed by atoms with E-state index in [1.165, 1.54) is 12.3 Å². The van der Waals surface area contributed by atoms with Crippen molar-refractivity contribution < 1.29 is 29.6 Å². The number of aliphatic hydroxyl groups is 2. The maximum atomic E-state index is 10.9. The van der Waals surface area contributed by atoms with Crippen LogP contribution in [0.2, 0.25) is 0 Å². The molecule has 7 nitrogen and oxygen atoms in total. The summed E-state index contributed by atoms with van der Waals surface area (Å²) in [6, 6.07) is 2.49. The maximum absolute atomic E-state index is 10.9. The lowest BCUT2D eigenvalue weighted by atomic mass is 10.0. The summed E-state index contributed by atoms with van der Waals surface area (Å²) < 4.78 is 4.35. The molecule has 0 saturated carbocycles. The van der Waals surface area contributed by atoms with Crippen LogP contribution in [0.15, 0.2) is 18.3 Å². The van der Waals surface area contributed by atoms with Crippen molar-refractivity contribution in [2.45, 2.75) is 18.6 Å². The van der Waals surface area contributed by atoms with Crippen LogP contribution in [0.5, 0.6) is 0 Å². The van der Waals surface area contributed by atoms with Gasteiger partial charge < -0.3 is 20.1 Å². The minimum absolute atomic E-state index is 0.166. The predicted octanol–water partition coefficient (Wildman–Crippen LogP) is -0.263. The Labute approximate surface area is 103 Å². The van der Waals surface area contributed by atoms with E-state index in [2.05, 4.69) is 9.72 Å². The van der Waals surface area contributed by atoms with Gasteiger partial charge in [-0.1, -0.05) is 0 Å². The molecule has 2 atom stereocenters. The SMILES string of the molecule is COC(=O)CC(O)C(O)c1ccnc(C(=O)O)c1. The first-order valence-electron chi connectivity index (χ1n) is 5.08. The smallest absolute Gasteiger partial charge is 0.354 e. The maximum Gasteiger partial charge on any atom is 0.354 e. The lowest BCUT2D eigenvalue weighted by molar-refractivity contribution is -0.144. The molecule has 0 amide bonds. The van der Waals surface area contributed by atoms with Crippen LogP contribution in [0.3, 0.4) is 0 Å². The van der Waals surface area contributed by atoms with Crippen molar-refractivity contribution in [1.82, 2.24) is 4.98 Å². The number of hydrogen-bond acceptors (Lipinski definition) is 6. The van der Waals surface area contributed by atoms with Crippen molar-refractivity contribution >= 4 is 11.9 Å². The first-order chi connectivity index (χ1) is 8.45. The normalized spacial score (nSPS) is 13.7. The number of aromatic carboxylic acids is 1. The van der Waals surface area contributed by atoms with Crippen LogP contribution >= 0.6 is 0 Å². The second kappa shape index (κ2) is 6.08. The number of aliphatic hydroxyl groups excluding tert-OH is 2. The van der Waals surface area contributed by atoms with E-state index in [0.29, 0.717) is 0 Å². The van der Waals surface area contributed by atoms with Crippen molar-refractivity contribution in [2.75, 3.05) is 7.11 Å². The molecule has 0 radical (unpaired) electrons. The second-order valence-electron chi connectivity index (χ2n) is 3.57. The third-order valence-electron chi connectivity index (χ3n) is 2.31. The summed E-state index contributed by atoms with van der Waals surface area (Å²) in [5.74, 6) is -1.92. The Hall–Kier alpha value is -1.99. The van der Waals surface area contributed by atoms with Crippen LogP contribution in [-0.2, 0) is 9.53 Å². The Morgan fingerprint density at radius 3 is 2.67 bits per heavy atom. The van der Waals surface area contributed by atoms with Gasteiger partial charge in [-0.3, -0.25) is 4.79 Å². The number of carbonyl (C=O) groups is 2. The van der Waals surface area contributed by atoms with Crippen molar-refractivity contribution in [2.24, 2.45) is 0 Å². The van der Waals surface area contributed by atoms with Crippen molar-refractivity contribution in [3.8, 4) is 0 Å². The number of hydrogen-bond donors (Lipinski definition) is 3. The van der Waals surface area contributed by atoms with Crippen LogP contribution in [0, 0.1) is 0 Å². The van der Waals surface area contributed by atoms with Gasteiger partial charge in [0.05, 0.1) is 19.6 Å². The Balaban J connectivity index is 2.82. The highest BCUT2D eigenvalue weighted by atomic mass is 16.5. The van der Waals surface area contributed by atoms with Crippen LogP contribution in [0.4, 0.5) is 0 Å². The fourth-order valence-corrected chi connectivity index (χ4v) is 1.34. The summed E-state index contributed by atoms with van der Waals surface area (Å²) in [4.78, 5) is 25.2. The molecular formula is C11H13NO6. The highest BCUT2D eigenvalue weighted by molar-refractivity contribution is 5.85.